The maximum Gasteiger partial charge on any atom is 0.336 e. The quantitative estimate of drug-likeness (QED) is 0.876. The van der Waals surface area contributed by atoms with Crippen molar-refractivity contribution < 1.29 is 13.2 Å². The zero-order valence-electron chi connectivity index (χ0n) is 9.82. The summed E-state index contributed by atoms with van der Waals surface area (Å²) in [5.74, 6) is -0.135. The van der Waals surface area contributed by atoms with Crippen molar-refractivity contribution >= 4 is 50.8 Å². The van der Waals surface area contributed by atoms with E-state index in [1.807, 2.05) is 0 Å². The van der Waals surface area contributed by atoms with Gasteiger partial charge in [0, 0.05) is 5.02 Å². The van der Waals surface area contributed by atoms with Crippen LogP contribution >= 0.6 is 34.8 Å². The molecule has 0 unspecified atom stereocenters. The first-order chi connectivity index (χ1) is 9.33. The fraction of sp³-hybridized carbons (Fsp3) is 0.111. The van der Waals surface area contributed by atoms with Crippen LogP contribution in [0.4, 0.5) is 5.95 Å². The second-order valence-corrected chi connectivity index (χ2v) is 6.34. The number of H-pyrrole nitrogens is 1. The number of aromatic nitrogens is 3. The number of hydrogen-bond donors (Lipinski definition) is 2. The van der Waals surface area contributed by atoms with Crippen molar-refractivity contribution in [1.29, 1.82) is 0 Å². The Morgan fingerprint density at radius 2 is 1.85 bits per heavy atom. The third-order valence-electron chi connectivity index (χ3n) is 2.11. The molecule has 1 aromatic heterocycles. The van der Waals surface area contributed by atoms with Crippen LogP contribution in [-0.4, -0.2) is 30.7 Å². The number of benzene rings is 1. The van der Waals surface area contributed by atoms with E-state index in [4.69, 9.17) is 39.5 Å². The molecule has 0 fully saturated rings. The van der Waals surface area contributed by atoms with Crippen LogP contribution in [0.15, 0.2) is 17.0 Å². The Kier molecular flexibility index (Phi) is 4.28. The Bertz CT molecular complexity index is 724. The van der Waals surface area contributed by atoms with Crippen LogP contribution in [0.3, 0.4) is 0 Å². The van der Waals surface area contributed by atoms with Crippen molar-refractivity contribution in [3.63, 3.8) is 0 Å². The number of halogens is 3. The average molecular weight is 358 g/mol. The van der Waals surface area contributed by atoms with Gasteiger partial charge in [0.05, 0.1) is 17.2 Å². The van der Waals surface area contributed by atoms with Gasteiger partial charge in [-0.2, -0.15) is 4.98 Å². The van der Waals surface area contributed by atoms with Gasteiger partial charge in [0.2, 0.25) is 5.95 Å². The standard InChI is InChI=1S/C9H7Cl3N4O3S/c1-19-9-13-8(14-15-9)16-20(17,18)7-5(11)2-4(10)3-6(7)12/h2-3H,1H3,(H2,13,14,15,16). The smallest absolute Gasteiger partial charge is 0.336 e. The Morgan fingerprint density at radius 1 is 1.25 bits per heavy atom. The molecule has 0 bridgehead atoms. The first-order valence-electron chi connectivity index (χ1n) is 4.97. The summed E-state index contributed by atoms with van der Waals surface area (Å²) in [4.78, 5) is 3.42. The van der Waals surface area contributed by atoms with E-state index in [-0.39, 0.29) is 31.9 Å². The first kappa shape index (κ1) is 15.2. The molecule has 2 rings (SSSR count). The molecule has 0 saturated heterocycles. The number of nitrogens with zero attached hydrogens (tertiary/aromatic N) is 2. The normalized spacial score (nSPS) is 11.4. The van der Waals surface area contributed by atoms with Crippen molar-refractivity contribution in [2.45, 2.75) is 4.90 Å². The Labute approximate surface area is 129 Å². The molecule has 108 valence electrons. The average Bonchev–Trinajstić information content (AvgIpc) is 2.73. The van der Waals surface area contributed by atoms with Gasteiger partial charge in [0.25, 0.3) is 10.0 Å². The van der Waals surface area contributed by atoms with E-state index in [0.717, 1.165) is 0 Å². The van der Waals surface area contributed by atoms with E-state index in [2.05, 4.69) is 19.9 Å². The van der Waals surface area contributed by atoms with Crippen LogP contribution in [0.1, 0.15) is 0 Å². The van der Waals surface area contributed by atoms with Gasteiger partial charge in [-0.3, -0.25) is 0 Å². The van der Waals surface area contributed by atoms with Crippen LogP contribution in [0.5, 0.6) is 6.01 Å². The maximum absolute atomic E-state index is 12.2. The van der Waals surface area contributed by atoms with E-state index in [0.29, 0.717) is 0 Å². The molecule has 2 N–H and O–H groups in total. The molecule has 0 radical (unpaired) electrons. The van der Waals surface area contributed by atoms with Gasteiger partial charge in [-0.05, 0) is 12.1 Å². The molecule has 0 aliphatic heterocycles. The zero-order chi connectivity index (χ0) is 14.9. The summed E-state index contributed by atoms with van der Waals surface area (Å²) >= 11 is 17.4. The summed E-state index contributed by atoms with van der Waals surface area (Å²) in [5.41, 5.74) is 0. The van der Waals surface area contributed by atoms with Crippen molar-refractivity contribution in [3.05, 3.63) is 27.2 Å². The van der Waals surface area contributed by atoms with Crippen molar-refractivity contribution in [3.8, 4) is 6.01 Å². The predicted molar refractivity (Wildman–Crippen MR) is 75.2 cm³/mol. The number of ether oxygens (including phenoxy) is 1. The molecule has 1 heterocycles. The topological polar surface area (TPSA) is 97.0 Å². The van der Waals surface area contributed by atoms with Gasteiger partial charge in [-0.25, -0.2) is 18.2 Å². The number of anilines is 1. The summed E-state index contributed by atoms with van der Waals surface area (Å²) in [6.45, 7) is 0. The molecule has 0 atom stereocenters. The summed E-state index contributed by atoms with van der Waals surface area (Å²) in [5, 5.41) is 5.95. The van der Waals surface area contributed by atoms with Gasteiger partial charge in [0.15, 0.2) is 0 Å². The molecule has 0 spiro atoms. The largest absolute Gasteiger partial charge is 0.466 e. The van der Waals surface area contributed by atoms with Gasteiger partial charge >= 0.3 is 6.01 Å². The summed E-state index contributed by atoms with van der Waals surface area (Å²) in [6, 6.07) is 2.52. The SMILES string of the molecule is COc1n[nH]c(NS(=O)(=O)c2c(Cl)cc(Cl)cc2Cl)n1. The minimum absolute atomic E-state index is 0.0176. The van der Waals surface area contributed by atoms with Crippen LogP contribution in [0.25, 0.3) is 0 Å². The van der Waals surface area contributed by atoms with Crippen molar-refractivity contribution in [2.75, 3.05) is 11.8 Å². The number of methoxy groups -OCH3 is 1. The van der Waals surface area contributed by atoms with Gasteiger partial charge < -0.3 is 4.74 Å². The molecule has 0 aliphatic rings. The molecule has 0 amide bonds. The lowest BCUT2D eigenvalue weighted by molar-refractivity contribution is 0.382. The Hall–Kier alpha value is -1.22. The second kappa shape index (κ2) is 5.65. The van der Waals surface area contributed by atoms with Gasteiger partial charge in [-0.1, -0.05) is 34.8 Å². The van der Waals surface area contributed by atoms with Gasteiger partial charge in [0.1, 0.15) is 4.90 Å². The van der Waals surface area contributed by atoms with Crippen molar-refractivity contribution in [1.82, 2.24) is 15.2 Å². The van der Waals surface area contributed by atoms with E-state index in [1.165, 1.54) is 19.2 Å². The molecule has 7 nitrogen and oxygen atoms in total. The summed E-state index contributed by atoms with van der Waals surface area (Å²) in [6.07, 6.45) is 0. The minimum atomic E-state index is -4.05. The zero-order valence-corrected chi connectivity index (χ0v) is 12.9. The molecule has 1 aromatic carbocycles. The third kappa shape index (κ3) is 3.09. The van der Waals surface area contributed by atoms with Crippen LogP contribution < -0.4 is 9.46 Å². The molecule has 0 saturated carbocycles. The van der Waals surface area contributed by atoms with E-state index >= 15 is 0 Å². The van der Waals surface area contributed by atoms with E-state index in [9.17, 15) is 8.42 Å². The Balaban J connectivity index is 2.40. The van der Waals surface area contributed by atoms with Crippen LogP contribution in [-0.2, 0) is 10.0 Å². The third-order valence-corrected chi connectivity index (χ3v) is 4.59. The minimum Gasteiger partial charge on any atom is -0.466 e. The molecule has 0 aliphatic carbocycles. The highest BCUT2D eigenvalue weighted by molar-refractivity contribution is 7.93. The highest BCUT2D eigenvalue weighted by atomic mass is 35.5. The number of rotatable bonds is 4. The van der Waals surface area contributed by atoms with E-state index in [1.54, 1.807) is 0 Å². The predicted octanol–water partition coefficient (Wildman–Crippen LogP) is 2.57. The highest BCUT2D eigenvalue weighted by Gasteiger charge is 2.24. The van der Waals surface area contributed by atoms with Crippen molar-refractivity contribution in [2.24, 2.45) is 0 Å². The lowest BCUT2D eigenvalue weighted by atomic mass is 10.4. The number of aromatic amines is 1. The van der Waals surface area contributed by atoms with Gasteiger partial charge in [-0.15, -0.1) is 5.10 Å². The molecule has 11 heteroatoms. The molecular weight excluding hydrogens is 351 g/mol. The monoisotopic (exact) mass is 356 g/mol. The fourth-order valence-electron chi connectivity index (χ4n) is 1.35. The molecular formula is C9H7Cl3N4O3S. The highest BCUT2D eigenvalue weighted by Crippen LogP contribution is 2.33. The number of nitrogens with one attached hydrogen (secondary N) is 2. The lowest BCUT2D eigenvalue weighted by Crippen LogP contribution is -2.15. The second-order valence-electron chi connectivity index (χ2n) is 3.47. The van der Waals surface area contributed by atoms with Crippen LogP contribution in [0.2, 0.25) is 15.1 Å². The first-order valence-corrected chi connectivity index (χ1v) is 7.59. The summed E-state index contributed by atoms with van der Waals surface area (Å²) in [7, 11) is -2.71. The van der Waals surface area contributed by atoms with Crippen LogP contribution in [0, 0.1) is 0 Å². The van der Waals surface area contributed by atoms with E-state index < -0.39 is 10.0 Å². The maximum atomic E-state index is 12.2. The molecule has 2 aromatic rings. The lowest BCUT2D eigenvalue weighted by Gasteiger charge is -2.09. The summed E-state index contributed by atoms with van der Waals surface area (Å²) < 4.78 is 31.3. The number of hydrogen-bond acceptors (Lipinski definition) is 5. The molecule has 20 heavy (non-hydrogen) atoms. The Morgan fingerprint density at radius 3 is 2.35 bits per heavy atom. The number of sulfonamides is 1. The fourth-order valence-corrected chi connectivity index (χ4v) is 3.85.